The second-order valence-electron chi connectivity index (χ2n) is 5.82. The second-order valence-corrected chi connectivity index (χ2v) is 6.76. The third kappa shape index (κ3) is 4.74. The number of thioether (sulfide) groups is 1. The van der Waals surface area contributed by atoms with E-state index >= 15 is 0 Å². The van der Waals surface area contributed by atoms with Gasteiger partial charge in [-0.2, -0.15) is 0 Å². The van der Waals surface area contributed by atoms with E-state index in [1.54, 1.807) is 14.2 Å². The lowest BCUT2D eigenvalue weighted by Crippen LogP contribution is -2.25. The largest absolute Gasteiger partial charge is 0.497 e. The number of aromatic nitrogens is 3. The van der Waals surface area contributed by atoms with Crippen molar-refractivity contribution in [1.82, 2.24) is 20.2 Å². The highest BCUT2D eigenvalue weighted by atomic mass is 32.2. The lowest BCUT2D eigenvalue weighted by molar-refractivity contribution is -0.118. The zero-order valence-corrected chi connectivity index (χ0v) is 16.4. The van der Waals surface area contributed by atoms with Crippen molar-refractivity contribution in [2.24, 2.45) is 0 Å². The number of nitrogen functional groups attached to an aromatic ring is 1. The van der Waals surface area contributed by atoms with Gasteiger partial charge in [0.2, 0.25) is 11.1 Å². The topological polar surface area (TPSA) is 104 Å². The predicted octanol–water partition coefficient (Wildman–Crippen LogP) is 2.08. The van der Waals surface area contributed by atoms with Crippen molar-refractivity contribution >= 4 is 17.7 Å². The lowest BCUT2D eigenvalue weighted by atomic mass is 10.2. The van der Waals surface area contributed by atoms with E-state index in [1.807, 2.05) is 48.5 Å². The first-order valence-corrected chi connectivity index (χ1v) is 9.46. The number of nitrogens with one attached hydrogen (secondary N) is 1. The third-order valence-electron chi connectivity index (χ3n) is 3.99. The molecule has 9 heteroatoms. The van der Waals surface area contributed by atoms with Crippen molar-refractivity contribution in [2.45, 2.75) is 11.7 Å². The fourth-order valence-corrected chi connectivity index (χ4v) is 3.12. The summed E-state index contributed by atoms with van der Waals surface area (Å²) in [6.07, 6.45) is 0. The number of amides is 1. The van der Waals surface area contributed by atoms with Gasteiger partial charge in [0.15, 0.2) is 5.82 Å². The van der Waals surface area contributed by atoms with E-state index in [4.69, 9.17) is 15.3 Å². The molecule has 3 aromatic rings. The van der Waals surface area contributed by atoms with Crippen LogP contribution in [0.5, 0.6) is 11.5 Å². The third-order valence-corrected chi connectivity index (χ3v) is 4.94. The number of ether oxygens (including phenoxy) is 2. The highest BCUT2D eigenvalue weighted by molar-refractivity contribution is 7.99. The molecule has 0 bridgehead atoms. The van der Waals surface area contributed by atoms with Gasteiger partial charge in [0.1, 0.15) is 11.5 Å². The van der Waals surface area contributed by atoms with Crippen LogP contribution in [0.3, 0.4) is 0 Å². The molecule has 2 aromatic carbocycles. The van der Waals surface area contributed by atoms with Crippen molar-refractivity contribution in [3.05, 3.63) is 54.1 Å². The summed E-state index contributed by atoms with van der Waals surface area (Å²) in [5, 5.41) is 11.5. The van der Waals surface area contributed by atoms with Crippen LogP contribution in [0.4, 0.5) is 0 Å². The van der Waals surface area contributed by atoms with Gasteiger partial charge in [-0.25, -0.2) is 4.68 Å². The Morgan fingerprint density at radius 3 is 2.25 bits per heavy atom. The zero-order valence-electron chi connectivity index (χ0n) is 15.6. The second kappa shape index (κ2) is 9.14. The highest BCUT2D eigenvalue weighted by Gasteiger charge is 2.14. The molecule has 1 aromatic heterocycles. The number of carbonyl (C=O) groups excluding carboxylic acids is 1. The fraction of sp³-hybridized carbons (Fsp3) is 0.211. The van der Waals surface area contributed by atoms with E-state index in [1.165, 1.54) is 16.4 Å². The normalized spacial score (nSPS) is 10.5. The highest BCUT2D eigenvalue weighted by Crippen LogP contribution is 2.23. The summed E-state index contributed by atoms with van der Waals surface area (Å²) in [7, 11) is 3.22. The van der Waals surface area contributed by atoms with Crippen molar-refractivity contribution in [2.75, 3.05) is 25.8 Å². The molecular formula is C19H21N5O3S. The van der Waals surface area contributed by atoms with Crippen LogP contribution in [0.1, 0.15) is 5.56 Å². The van der Waals surface area contributed by atoms with Gasteiger partial charge >= 0.3 is 0 Å². The van der Waals surface area contributed by atoms with Gasteiger partial charge in [-0.15, -0.1) is 10.2 Å². The van der Waals surface area contributed by atoms with E-state index in [0.717, 1.165) is 22.6 Å². The number of carbonyl (C=O) groups is 1. The standard InChI is InChI=1S/C19H21N5O3S/c1-26-15-7-3-13(4-8-15)11-21-17(25)12-28-19-23-22-18(24(19)20)14-5-9-16(27-2)10-6-14/h3-10H,11-12,20H2,1-2H3,(H,21,25). The molecular weight excluding hydrogens is 378 g/mol. The Morgan fingerprint density at radius 2 is 1.64 bits per heavy atom. The number of benzene rings is 2. The molecule has 0 radical (unpaired) electrons. The molecule has 0 aliphatic rings. The van der Waals surface area contributed by atoms with Gasteiger partial charge in [-0.1, -0.05) is 23.9 Å². The van der Waals surface area contributed by atoms with Gasteiger partial charge in [0, 0.05) is 12.1 Å². The maximum Gasteiger partial charge on any atom is 0.230 e. The molecule has 0 saturated heterocycles. The summed E-state index contributed by atoms with van der Waals surface area (Å²) < 4.78 is 11.6. The van der Waals surface area contributed by atoms with Crippen molar-refractivity contribution < 1.29 is 14.3 Å². The van der Waals surface area contributed by atoms with E-state index in [9.17, 15) is 4.79 Å². The van der Waals surface area contributed by atoms with Gasteiger partial charge in [-0.3, -0.25) is 4.79 Å². The molecule has 0 unspecified atom stereocenters. The molecule has 3 rings (SSSR count). The van der Waals surface area contributed by atoms with Gasteiger partial charge in [-0.05, 0) is 42.0 Å². The number of hydrogen-bond acceptors (Lipinski definition) is 7. The van der Waals surface area contributed by atoms with E-state index in [2.05, 4.69) is 15.5 Å². The van der Waals surface area contributed by atoms with Crippen LogP contribution in [0, 0.1) is 0 Å². The molecule has 0 spiro atoms. The smallest absolute Gasteiger partial charge is 0.230 e. The van der Waals surface area contributed by atoms with Crippen LogP contribution in [0.2, 0.25) is 0 Å². The Balaban J connectivity index is 1.53. The van der Waals surface area contributed by atoms with Crippen LogP contribution < -0.4 is 20.6 Å². The summed E-state index contributed by atoms with van der Waals surface area (Å²) in [6, 6.07) is 14.9. The molecule has 0 fully saturated rings. The first-order chi connectivity index (χ1) is 13.6. The maximum atomic E-state index is 12.1. The molecule has 0 aliphatic heterocycles. The first kappa shape index (κ1) is 19.6. The molecule has 3 N–H and O–H groups in total. The monoisotopic (exact) mass is 399 g/mol. The molecule has 0 atom stereocenters. The van der Waals surface area contributed by atoms with Crippen LogP contribution in [0.25, 0.3) is 11.4 Å². The van der Waals surface area contributed by atoms with Gasteiger partial charge in [0.25, 0.3) is 0 Å². The van der Waals surface area contributed by atoms with Crippen molar-refractivity contribution in [3.63, 3.8) is 0 Å². The average Bonchev–Trinajstić information content (AvgIpc) is 3.11. The minimum Gasteiger partial charge on any atom is -0.497 e. The molecule has 0 aliphatic carbocycles. The SMILES string of the molecule is COc1ccc(CNC(=O)CSc2nnc(-c3ccc(OC)cc3)n2N)cc1. The number of nitrogens with zero attached hydrogens (tertiary/aromatic N) is 3. The molecule has 1 amide bonds. The Kier molecular flexibility index (Phi) is 6.38. The van der Waals surface area contributed by atoms with Crippen LogP contribution in [-0.2, 0) is 11.3 Å². The molecule has 1 heterocycles. The van der Waals surface area contributed by atoms with Crippen LogP contribution in [-0.4, -0.2) is 40.8 Å². The summed E-state index contributed by atoms with van der Waals surface area (Å²) >= 11 is 1.23. The molecule has 146 valence electrons. The van der Waals surface area contributed by atoms with Crippen LogP contribution >= 0.6 is 11.8 Å². The Morgan fingerprint density at radius 1 is 1.04 bits per heavy atom. The van der Waals surface area contributed by atoms with Gasteiger partial charge in [0.05, 0.1) is 20.0 Å². The summed E-state index contributed by atoms with van der Waals surface area (Å²) in [5.74, 6) is 8.19. The Labute approximate surface area is 167 Å². The summed E-state index contributed by atoms with van der Waals surface area (Å²) in [5.41, 5.74) is 1.80. The number of methoxy groups -OCH3 is 2. The van der Waals surface area contributed by atoms with Crippen LogP contribution in [0.15, 0.2) is 53.7 Å². The predicted molar refractivity (Wildman–Crippen MR) is 108 cm³/mol. The number of hydrogen-bond donors (Lipinski definition) is 2. The van der Waals surface area contributed by atoms with E-state index in [0.29, 0.717) is 17.5 Å². The van der Waals surface area contributed by atoms with E-state index < -0.39 is 0 Å². The van der Waals surface area contributed by atoms with Crippen molar-refractivity contribution in [1.29, 1.82) is 0 Å². The molecule has 28 heavy (non-hydrogen) atoms. The quantitative estimate of drug-likeness (QED) is 0.441. The molecule has 0 saturated carbocycles. The summed E-state index contributed by atoms with van der Waals surface area (Å²) in [4.78, 5) is 12.1. The lowest BCUT2D eigenvalue weighted by Gasteiger charge is -2.07. The first-order valence-electron chi connectivity index (χ1n) is 8.48. The minimum absolute atomic E-state index is 0.116. The molecule has 8 nitrogen and oxygen atoms in total. The zero-order chi connectivity index (χ0) is 19.9. The van der Waals surface area contributed by atoms with Crippen molar-refractivity contribution in [3.8, 4) is 22.9 Å². The number of rotatable bonds is 8. The fourth-order valence-electron chi connectivity index (χ4n) is 2.44. The summed E-state index contributed by atoms with van der Waals surface area (Å²) in [6.45, 7) is 0.440. The average molecular weight is 399 g/mol. The maximum absolute atomic E-state index is 12.1. The van der Waals surface area contributed by atoms with E-state index in [-0.39, 0.29) is 11.7 Å². The number of nitrogens with two attached hydrogens (primary N) is 1. The van der Waals surface area contributed by atoms with Gasteiger partial charge < -0.3 is 20.6 Å². The minimum atomic E-state index is -0.116. The Bertz CT molecular complexity index is 926. The Hall–Kier alpha value is -3.20.